The molecule has 1 aromatic rings. The quantitative estimate of drug-likeness (QED) is 0.158. The predicted molar refractivity (Wildman–Crippen MR) is 174 cm³/mol. The summed E-state index contributed by atoms with van der Waals surface area (Å²) >= 11 is 0. The van der Waals surface area contributed by atoms with Crippen LogP contribution in [0.25, 0.3) is 0 Å². The largest absolute Gasteiger partial charge is 0.459 e. The topological polar surface area (TPSA) is 105 Å². The van der Waals surface area contributed by atoms with Gasteiger partial charge in [0.15, 0.2) is 0 Å². The Labute approximate surface area is 274 Å². The van der Waals surface area contributed by atoms with E-state index in [1.807, 2.05) is 0 Å². The van der Waals surface area contributed by atoms with E-state index in [1.54, 1.807) is 0 Å². The van der Waals surface area contributed by atoms with Gasteiger partial charge in [-0.2, -0.15) is 0 Å². The van der Waals surface area contributed by atoms with Crippen LogP contribution >= 0.6 is 0 Å². The van der Waals surface area contributed by atoms with E-state index in [1.165, 1.54) is 12.1 Å². The van der Waals surface area contributed by atoms with Gasteiger partial charge in [0.25, 0.3) is 0 Å². The minimum atomic E-state index is -0.674. The maximum atomic E-state index is 13.8. The third-order valence-corrected chi connectivity index (χ3v) is 10.3. The summed E-state index contributed by atoms with van der Waals surface area (Å²) in [6.07, 6.45) is 21.6. The van der Waals surface area contributed by atoms with Crippen LogP contribution in [-0.2, 0) is 18.9 Å². The van der Waals surface area contributed by atoms with Crippen molar-refractivity contribution in [3.8, 4) is 0 Å². The molecule has 8 nitrogen and oxygen atoms in total. The standard InChI is InChI=1S/C38H54O8/c39-35(43-27-17-9-1-2-10-18-27)31-25-33(37(41)45-29-21-13-5-6-14-22-29)34(38(42)46-30-23-15-7-8-16-24-30)26-32(31)36(40)44-28-19-11-3-4-12-20-28/h25-30H,1-24H2. The van der Waals surface area contributed by atoms with E-state index in [-0.39, 0.29) is 46.7 Å². The third-order valence-electron chi connectivity index (χ3n) is 10.3. The fraction of sp³-hybridized carbons (Fsp3) is 0.737. The van der Waals surface area contributed by atoms with Crippen LogP contribution in [0.5, 0.6) is 0 Å². The number of carbonyl (C=O) groups is 4. The van der Waals surface area contributed by atoms with Gasteiger partial charge >= 0.3 is 23.9 Å². The highest BCUT2D eigenvalue weighted by Crippen LogP contribution is 2.29. The molecule has 0 saturated heterocycles. The van der Waals surface area contributed by atoms with Gasteiger partial charge in [0.05, 0.1) is 22.3 Å². The lowest BCUT2D eigenvalue weighted by atomic mass is 9.97. The molecule has 0 amide bonds. The van der Waals surface area contributed by atoms with Crippen molar-refractivity contribution in [3.63, 3.8) is 0 Å². The first-order valence-electron chi connectivity index (χ1n) is 18.5. The number of benzene rings is 1. The number of ether oxygens (including phenoxy) is 4. The lowest BCUT2D eigenvalue weighted by Crippen LogP contribution is -2.27. The maximum Gasteiger partial charge on any atom is 0.339 e. The number of carbonyl (C=O) groups excluding carboxylic acids is 4. The minimum absolute atomic E-state index is 0.0540. The lowest BCUT2D eigenvalue weighted by Gasteiger charge is -2.22. The molecular formula is C38H54O8. The zero-order valence-corrected chi connectivity index (χ0v) is 27.7. The van der Waals surface area contributed by atoms with Gasteiger partial charge in [0, 0.05) is 0 Å². The molecule has 4 fully saturated rings. The highest BCUT2D eigenvalue weighted by Gasteiger charge is 2.33. The summed E-state index contributed by atoms with van der Waals surface area (Å²) < 4.78 is 23.9. The minimum Gasteiger partial charge on any atom is -0.459 e. The molecule has 0 heterocycles. The molecule has 4 aliphatic rings. The highest BCUT2D eigenvalue weighted by atomic mass is 16.6. The Kier molecular flexibility index (Phi) is 13.4. The van der Waals surface area contributed by atoms with Gasteiger partial charge < -0.3 is 18.9 Å². The molecule has 0 atom stereocenters. The molecule has 8 heteroatoms. The molecule has 4 aliphatic carbocycles. The van der Waals surface area contributed by atoms with Crippen molar-refractivity contribution in [1.82, 2.24) is 0 Å². The normalized spacial score (nSPS) is 21.6. The van der Waals surface area contributed by atoms with Gasteiger partial charge in [0.1, 0.15) is 24.4 Å². The fourth-order valence-electron chi connectivity index (χ4n) is 7.57. The average molecular weight is 639 g/mol. The average Bonchev–Trinajstić information content (AvgIpc) is 3.66. The molecule has 4 saturated carbocycles. The van der Waals surface area contributed by atoms with Gasteiger partial charge in [0.2, 0.25) is 0 Å². The van der Waals surface area contributed by atoms with E-state index in [2.05, 4.69) is 0 Å². The van der Waals surface area contributed by atoms with E-state index < -0.39 is 23.9 Å². The van der Waals surface area contributed by atoms with Crippen molar-refractivity contribution >= 4 is 23.9 Å². The molecule has 0 unspecified atom stereocenters. The molecule has 1 aromatic carbocycles. The van der Waals surface area contributed by atoms with E-state index in [0.29, 0.717) is 0 Å². The summed E-state index contributed by atoms with van der Waals surface area (Å²) in [5, 5.41) is 0. The summed E-state index contributed by atoms with van der Waals surface area (Å²) in [4.78, 5) is 55.4. The van der Waals surface area contributed by atoms with Gasteiger partial charge in [-0.15, -0.1) is 0 Å². The Morgan fingerprint density at radius 1 is 0.326 bits per heavy atom. The highest BCUT2D eigenvalue weighted by molar-refractivity contribution is 6.10. The van der Waals surface area contributed by atoms with Crippen molar-refractivity contribution < 1.29 is 38.1 Å². The van der Waals surface area contributed by atoms with Crippen LogP contribution < -0.4 is 0 Å². The Balaban J connectivity index is 1.50. The van der Waals surface area contributed by atoms with E-state index in [4.69, 9.17) is 18.9 Å². The smallest absolute Gasteiger partial charge is 0.339 e. The zero-order chi connectivity index (χ0) is 32.1. The van der Waals surface area contributed by atoms with E-state index >= 15 is 0 Å². The molecule has 0 aromatic heterocycles. The molecular weight excluding hydrogens is 584 g/mol. The summed E-state index contributed by atoms with van der Waals surface area (Å²) in [7, 11) is 0. The van der Waals surface area contributed by atoms with Gasteiger partial charge in [-0.1, -0.05) is 51.4 Å². The van der Waals surface area contributed by atoms with Crippen LogP contribution in [0.15, 0.2) is 12.1 Å². The SMILES string of the molecule is O=C(OC1CCCCCC1)c1cc(C(=O)OC2CCCCCC2)c(C(=O)OC2CCCCCC2)cc1C(=O)OC1CCCCCC1. The van der Waals surface area contributed by atoms with Crippen molar-refractivity contribution in [2.75, 3.05) is 0 Å². The molecule has 0 aliphatic heterocycles. The lowest BCUT2D eigenvalue weighted by molar-refractivity contribution is 0.0203. The van der Waals surface area contributed by atoms with Gasteiger partial charge in [-0.25, -0.2) is 19.2 Å². The van der Waals surface area contributed by atoms with Crippen LogP contribution in [0.3, 0.4) is 0 Å². The van der Waals surface area contributed by atoms with Gasteiger partial charge in [-0.3, -0.25) is 0 Å². The first kappa shape index (κ1) is 34.4. The number of hydrogen-bond donors (Lipinski definition) is 0. The Morgan fingerprint density at radius 3 is 0.674 bits per heavy atom. The second-order valence-electron chi connectivity index (χ2n) is 14.0. The fourth-order valence-corrected chi connectivity index (χ4v) is 7.57. The Hall–Kier alpha value is -2.90. The zero-order valence-electron chi connectivity index (χ0n) is 27.7. The van der Waals surface area contributed by atoms with Crippen molar-refractivity contribution in [2.24, 2.45) is 0 Å². The molecule has 46 heavy (non-hydrogen) atoms. The molecule has 0 N–H and O–H groups in total. The second kappa shape index (κ2) is 17.9. The van der Waals surface area contributed by atoms with E-state index in [9.17, 15) is 19.2 Å². The summed E-state index contributed by atoms with van der Waals surface area (Å²) in [6, 6.07) is 2.68. The molecule has 0 radical (unpaired) electrons. The Bertz CT molecular complexity index is 981. The summed E-state index contributed by atoms with van der Waals surface area (Å²) in [5.41, 5.74) is -0.216. The molecule has 254 valence electrons. The summed E-state index contributed by atoms with van der Waals surface area (Å²) in [5.74, 6) is -2.70. The number of hydrogen-bond acceptors (Lipinski definition) is 8. The number of esters is 4. The second-order valence-corrected chi connectivity index (χ2v) is 14.0. The van der Waals surface area contributed by atoms with Gasteiger partial charge in [-0.05, 0) is 115 Å². The predicted octanol–water partition coefficient (Wildman–Crippen LogP) is 9.21. The first-order chi connectivity index (χ1) is 22.5. The van der Waals surface area contributed by atoms with Crippen molar-refractivity contribution in [1.29, 1.82) is 0 Å². The Morgan fingerprint density at radius 2 is 0.500 bits per heavy atom. The molecule has 0 bridgehead atoms. The van der Waals surface area contributed by atoms with Crippen LogP contribution in [0.4, 0.5) is 0 Å². The van der Waals surface area contributed by atoms with Crippen LogP contribution in [0, 0.1) is 0 Å². The molecule has 5 rings (SSSR count). The van der Waals surface area contributed by atoms with Crippen molar-refractivity contribution in [2.45, 2.75) is 179 Å². The van der Waals surface area contributed by atoms with Crippen LogP contribution in [0.2, 0.25) is 0 Å². The monoisotopic (exact) mass is 638 g/mol. The molecule has 0 spiro atoms. The van der Waals surface area contributed by atoms with Crippen LogP contribution in [-0.4, -0.2) is 48.3 Å². The number of rotatable bonds is 8. The van der Waals surface area contributed by atoms with E-state index in [0.717, 1.165) is 154 Å². The summed E-state index contributed by atoms with van der Waals surface area (Å²) in [6.45, 7) is 0. The first-order valence-corrected chi connectivity index (χ1v) is 18.5. The van der Waals surface area contributed by atoms with Crippen molar-refractivity contribution in [3.05, 3.63) is 34.4 Å². The third kappa shape index (κ3) is 10.0. The van der Waals surface area contributed by atoms with Crippen LogP contribution in [0.1, 0.15) is 196 Å². The maximum absolute atomic E-state index is 13.8.